The van der Waals surface area contributed by atoms with Crippen molar-refractivity contribution in [3.63, 3.8) is 0 Å². The number of anilines is 1. The zero-order valence-corrected chi connectivity index (χ0v) is 18.7. The van der Waals surface area contributed by atoms with Crippen molar-refractivity contribution < 1.29 is 9.18 Å². The van der Waals surface area contributed by atoms with Gasteiger partial charge in [0.15, 0.2) is 0 Å². The number of rotatable bonds is 5. The molecule has 2 atom stereocenters. The van der Waals surface area contributed by atoms with E-state index in [1.807, 2.05) is 36.9 Å². The van der Waals surface area contributed by atoms with E-state index in [9.17, 15) is 9.18 Å². The van der Waals surface area contributed by atoms with Gasteiger partial charge >= 0.3 is 0 Å². The molecule has 8 heteroatoms. The highest BCUT2D eigenvalue weighted by Crippen LogP contribution is 2.33. The third-order valence-electron chi connectivity index (χ3n) is 5.83. The number of halogens is 2. The lowest BCUT2D eigenvalue weighted by Crippen LogP contribution is -2.40. The van der Waals surface area contributed by atoms with Crippen molar-refractivity contribution in [2.75, 3.05) is 39.0 Å². The standard InChI is InChI=1S/C23H27ClFN5O/c1-14-18(5-4-17(25)22(14)24)27-19-6-9-26-23-16(19)12-20(28-23)15-7-10-30(11-8-15)21(31)13-29(2)3/h4-7,9,12,14,18H,8,10-11,13H2,1-3H3,(H2,26,27,28). The second kappa shape index (κ2) is 8.85. The van der Waals surface area contributed by atoms with Crippen molar-refractivity contribution >= 4 is 39.8 Å². The molecule has 2 aromatic heterocycles. The first-order valence-corrected chi connectivity index (χ1v) is 10.8. The molecule has 0 aromatic carbocycles. The first kappa shape index (κ1) is 21.6. The summed E-state index contributed by atoms with van der Waals surface area (Å²) >= 11 is 6.12. The predicted octanol–water partition coefficient (Wildman–Crippen LogP) is 4.15. The largest absolute Gasteiger partial charge is 0.378 e. The van der Waals surface area contributed by atoms with E-state index >= 15 is 0 Å². The van der Waals surface area contributed by atoms with Gasteiger partial charge in [-0.3, -0.25) is 4.79 Å². The van der Waals surface area contributed by atoms with Crippen molar-refractivity contribution in [3.8, 4) is 0 Å². The molecule has 0 saturated carbocycles. The molecular formula is C23H27ClFN5O. The number of nitrogens with one attached hydrogen (secondary N) is 2. The molecule has 0 spiro atoms. The summed E-state index contributed by atoms with van der Waals surface area (Å²) in [6, 6.07) is 3.89. The fourth-order valence-electron chi connectivity index (χ4n) is 4.00. The fourth-order valence-corrected chi connectivity index (χ4v) is 4.20. The summed E-state index contributed by atoms with van der Waals surface area (Å²) < 4.78 is 13.7. The van der Waals surface area contributed by atoms with Crippen LogP contribution in [-0.2, 0) is 4.79 Å². The summed E-state index contributed by atoms with van der Waals surface area (Å²) in [6.45, 7) is 3.63. The maximum absolute atomic E-state index is 13.7. The third-order valence-corrected chi connectivity index (χ3v) is 6.35. The van der Waals surface area contributed by atoms with E-state index in [2.05, 4.69) is 27.4 Å². The number of fused-ring (bicyclic) bond motifs is 1. The van der Waals surface area contributed by atoms with Crippen LogP contribution in [0, 0.1) is 5.92 Å². The Bertz CT molecular complexity index is 1090. The van der Waals surface area contributed by atoms with Gasteiger partial charge in [-0.25, -0.2) is 9.37 Å². The van der Waals surface area contributed by atoms with Gasteiger partial charge in [0.1, 0.15) is 11.5 Å². The van der Waals surface area contributed by atoms with Gasteiger partial charge in [0.2, 0.25) is 5.91 Å². The Morgan fingerprint density at radius 2 is 2.26 bits per heavy atom. The zero-order chi connectivity index (χ0) is 22.1. The molecule has 6 nitrogen and oxygen atoms in total. The number of hydrogen-bond donors (Lipinski definition) is 2. The van der Waals surface area contributed by atoms with Crippen LogP contribution >= 0.6 is 11.6 Å². The lowest BCUT2D eigenvalue weighted by Gasteiger charge is -2.27. The molecule has 2 aliphatic rings. The SMILES string of the molecule is CC1C(Cl)=C(F)C=CC1Nc1ccnc2[nH]c(C3=CCN(C(=O)CN(C)C)CC3)cc12. The van der Waals surface area contributed by atoms with E-state index in [1.165, 1.54) is 11.6 Å². The van der Waals surface area contributed by atoms with Gasteiger partial charge in [-0.2, -0.15) is 0 Å². The van der Waals surface area contributed by atoms with Crippen LogP contribution in [0.5, 0.6) is 0 Å². The minimum atomic E-state index is -0.377. The van der Waals surface area contributed by atoms with Crippen LogP contribution in [0.4, 0.5) is 10.1 Å². The Hall–Kier alpha value is -2.64. The van der Waals surface area contributed by atoms with Crippen LogP contribution in [0.15, 0.2) is 47.4 Å². The van der Waals surface area contributed by atoms with Crippen LogP contribution in [0.3, 0.4) is 0 Å². The highest BCUT2D eigenvalue weighted by atomic mass is 35.5. The lowest BCUT2D eigenvalue weighted by molar-refractivity contribution is -0.131. The highest BCUT2D eigenvalue weighted by molar-refractivity contribution is 6.30. The molecule has 0 fully saturated rings. The van der Waals surface area contributed by atoms with Crippen molar-refractivity contribution in [2.45, 2.75) is 19.4 Å². The Morgan fingerprint density at radius 1 is 1.45 bits per heavy atom. The molecule has 31 heavy (non-hydrogen) atoms. The van der Waals surface area contributed by atoms with Crippen LogP contribution in [0.2, 0.25) is 0 Å². The molecule has 0 radical (unpaired) electrons. The summed E-state index contributed by atoms with van der Waals surface area (Å²) in [5.74, 6) is -0.401. The van der Waals surface area contributed by atoms with Crippen LogP contribution in [-0.4, -0.2) is 65.4 Å². The number of amides is 1. The van der Waals surface area contributed by atoms with Crippen LogP contribution in [0.25, 0.3) is 16.6 Å². The maximum Gasteiger partial charge on any atom is 0.237 e. The molecular weight excluding hydrogens is 417 g/mol. The van der Waals surface area contributed by atoms with Gasteiger partial charge < -0.3 is 20.1 Å². The Balaban J connectivity index is 1.53. The number of aromatic nitrogens is 2. The van der Waals surface area contributed by atoms with E-state index in [4.69, 9.17) is 11.6 Å². The second-order valence-electron chi connectivity index (χ2n) is 8.37. The molecule has 2 aromatic rings. The van der Waals surface area contributed by atoms with E-state index in [0.717, 1.165) is 28.8 Å². The predicted molar refractivity (Wildman–Crippen MR) is 124 cm³/mol. The summed E-state index contributed by atoms with van der Waals surface area (Å²) in [5, 5.41) is 4.68. The highest BCUT2D eigenvalue weighted by Gasteiger charge is 2.25. The normalized spacial score (nSPS) is 21.7. The molecule has 4 rings (SSSR count). The van der Waals surface area contributed by atoms with Crippen molar-refractivity contribution in [2.24, 2.45) is 5.92 Å². The summed E-state index contributed by atoms with van der Waals surface area (Å²) in [6.07, 6.45) is 7.86. The molecule has 0 saturated heterocycles. The summed E-state index contributed by atoms with van der Waals surface area (Å²) in [5.41, 5.74) is 3.89. The molecule has 1 aliphatic heterocycles. The number of carbonyl (C=O) groups is 1. The molecule has 0 bridgehead atoms. The van der Waals surface area contributed by atoms with E-state index in [1.54, 1.807) is 12.3 Å². The van der Waals surface area contributed by atoms with Crippen molar-refractivity contribution in [1.29, 1.82) is 0 Å². The number of pyridine rings is 1. The van der Waals surface area contributed by atoms with Gasteiger partial charge in [-0.1, -0.05) is 30.7 Å². The third kappa shape index (κ3) is 4.52. The molecule has 2 unspecified atom stereocenters. The average Bonchev–Trinajstić information content (AvgIpc) is 3.19. The van der Waals surface area contributed by atoms with Crippen LogP contribution < -0.4 is 5.32 Å². The molecule has 164 valence electrons. The number of carbonyl (C=O) groups excluding carboxylic acids is 1. The summed E-state index contributed by atoms with van der Waals surface area (Å²) in [7, 11) is 3.80. The van der Waals surface area contributed by atoms with Crippen molar-refractivity contribution in [1.82, 2.24) is 19.8 Å². The van der Waals surface area contributed by atoms with E-state index in [-0.39, 0.29) is 28.7 Å². The first-order valence-electron chi connectivity index (χ1n) is 10.4. The Labute approximate surface area is 186 Å². The number of H-pyrrole nitrogens is 1. The van der Waals surface area contributed by atoms with Gasteiger partial charge in [0, 0.05) is 42.0 Å². The molecule has 2 N–H and O–H groups in total. The molecule has 1 amide bonds. The Kier molecular flexibility index (Phi) is 6.16. The van der Waals surface area contributed by atoms with Gasteiger partial charge in [-0.05, 0) is 44.3 Å². The van der Waals surface area contributed by atoms with Crippen LogP contribution in [0.1, 0.15) is 19.0 Å². The second-order valence-corrected chi connectivity index (χ2v) is 8.78. The first-order chi connectivity index (χ1) is 14.8. The maximum atomic E-state index is 13.7. The summed E-state index contributed by atoms with van der Waals surface area (Å²) in [4.78, 5) is 23.9. The van der Waals surface area contributed by atoms with E-state index in [0.29, 0.717) is 19.6 Å². The smallest absolute Gasteiger partial charge is 0.237 e. The zero-order valence-electron chi connectivity index (χ0n) is 18.0. The number of nitrogens with zero attached hydrogens (tertiary/aromatic N) is 3. The number of allylic oxidation sites excluding steroid dienone is 2. The quantitative estimate of drug-likeness (QED) is 0.728. The number of aromatic amines is 1. The molecule has 1 aliphatic carbocycles. The minimum Gasteiger partial charge on any atom is -0.378 e. The average molecular weight is 444 g/mol. The lowest BCUT2D eigenvalue weighted by atomic mass is 9.96. The topological polar surface area (TPSA) is 64.3 Å². The Morgan fingerprint density at radius 3 is 2.97 bits per heavy atom. The monoisotopic (exact) mass is 443 g/mol. The molecule has 3 heterocycles. The fraction of sp³-hybridized carbons (Fsp3) is 0.391. The minimum absolute atomic E-state index is 0.110. The van der Waals surface area contributed by atoms with Crippen molar-refractivity contribution in [3.05, 3.63) is 53.1 Å². The van der Waals surface area contributed by atoms with Gasteiger partial charge in [-0.15, -0.1) is 0 Å². The number of hydrogen-bond acceptors (Lipinski definition) is 4. The number of likely N-dealkylation sites (N-methyl/N-ethyl adjacent to an activating group) is 1. The van der Waals surface area contributed by atoms with E-state index < -0.39 is 0 Å². The van der Waals surface area contributed by atoms with Gasteiger partial charge in [0.25, 0.3) is 0 Å². The van der Waals surface area contributed by atoms with Gasteiger partial charge in [0.05, 0.1) is 17.6 Å².